The number of benzene rings is 4. The maximum atomic E-state index is 7.14. The molecule has 0 unspecified atom stereocenters. The Balaban J connectivity index is 1.12. The van der Waals surface area contributed by atoms with Crippen molar-refractivity contribution in [1.29, 1.82) is 0 Å². The fourth-order valence-corrected chi connectivity index (χ4v) is 36.8. The Labute approximate surface area is 338 Å². The third-order valence-electron chi connectivity index (χ3n) is 9.62. The summed E-state index contributed by atoms with van der Waals surface area (Å²) in [7, 11) is -10.8. The summed E-state index contributed by atoms with van der Waals surface area (Å²) in [6.45, 7) is 4.87. The summed E-state index contributed by atoms with van der Waals surface area (Å²) < 4.78 is 36.9. The molecule has 0 saturated carbocycles. The molecular formula is C34H42Cl4N10P6. The second-order valence-corrected chi connectivity index (χ2v) is 34.6. The predicted octanol–water partition coefficient (Wildman–Crippen LogP) is 12.7. The maximum Gasteiger partial charge on any atom is 0.256 e. The van der Waals surface area contributed by atoms with Crippen LogP contribution in [0.4, 0.5) is 0 Å². The lowest BCUT2D eigenvalue weighted by Crippen LogP contribution is -2.38. The monoisotopic (exact) mass is 916 g/mol. The van der Waals surface area contributed by atoms with E-state index in [2.05, 4.69) is 68.0 Å². The van der Waals surface area contributed by atoms with Crippen molar-refractivity contribution in [2.45, 2.75) is 25.7 Å². The molecule has 4 aromatic carbocycles. The minimum absolute atomic E-state index is 0.786. The standard InChI is InChI=1S/C34H42Cl4N10P6/c35-51(36)41-49(31-17-5-1-6-18-31,32-19-7-2-8-20-32)43-53(45-51)39-25-15-29-47(53)27-13-14-28-48-30-16-26-40-54(48)44-50(42-52(37,38)46-54,33-21-9-3-10-22-33)34-23-11-4-12-24-34/h1-12,17-24,39-40H,13-16,25-30H2/t53-,54-/m1/s1. The summed E-state index contributed by atoms with van der Waals surface area (Å²) in [5.41, 5.74) is 0. The fraction of sp³-hybridized carbons (Fsp3) is 0.294. The molecule has 0 bridgehead atoms. The minimum Gasteiger partial charge on any atom is -0.253 e. The molecule has 0 aromatic heterocycles. The topological polar surface area (TPSA) is 105 Å². The lowest BCUT2D eigenvalue weighted by molar-refractivity contribution is 0.365. The first-order valence-corrected chi connectivity index (χ1v) is 31.6. The van der Waals surface area contributed by atoms with Gasteiger partial charge in [-0.05, 0) is 70.6 Å². The van der Waals surface area contributed by atoms with Crippen LogP contribution in [0.3, 0.4) is 0 Å². The molecule has 2 fully saturated rings. The van der Waals surface area contributed by atoms with Crippen LogP contribution < -0.4 is 31.4 Å². The molecule has 0 aliphatic carbocycles. The summed E-state index contributed by atoms with van der Waals surface area (Å²) >= 11 is 28.6. The molecule has 54 heavy (non-hydrogen) atoms. The van der Waals surface area contributed by atoms with Gasteiger partial charge in [-0.2, -0.15) is 9.03 Å². The van der Waals surface area contributed by atoms with Crippen LogP contribution in [0.1, 0.15) is 25.7 Å². The molecule has 4 aliphatic rings. The Morgan fingerprint density at radius 3 is 1.07 bits per heavy atom. The van der Waals surface area contributed by atoms with Gasteiger partial charge in [-0.15, -0.1) is 0 Å². The van der Waals surface area contributed by atoms with Crippen molar-refractivity contribution in [3.63, 3.8) is 0 Å². The molecule has 286 valence electrons. The van der Waals surface area contributed by atoms with Gasteiger partial charge in [0, 0.05) is 60.5 Å². The van der Waals surface area contributed by atoms with Gasteiger partial charge in [-0.1, -0.05) is 121 Å². The zero-order valence-electron chi connectivity index (χ0n) is 29.4. The van der Waals surface area contributed by atoms with Gasteiger partial charge in [0.1, 0.15) is 14.4 Å². The first kappa shape index (κ1) is 40.1. The van der Waals surface area contributed by atoms with Gasteiger partial charge in [0.05, 0.1) is 0 Å². The first-order valence-electron chi connectivity index (χ1n) is 17.9. The molecule has 0 radical (unpaired) electrons. The summed E-state index contributed by atoms with van der Waals surface area (Å²) in [6.07, 6.45) is 3.78. The molecule has 2 atom stereocenters. The van der Waals surface area contributed by atoms with Crippen LogP contribution in [0.5, 0.6) is 0 Å². The van der Waals surface area contributed by atoms with E-state index in [1.54, 1.807) is 0 Å². The average Bonchev–Trinajstić information content (AvgIpc) is 3.18. The fourth-order valence-electron chi connectivity index (χ4n) is 7.24. The van der Waals surface area contributed by atoms with Crippen LogP contribution in [-0.4, -0.2) is 48.6 Å². The van der Waals surface area contributed by atoms with E-state index in [1.165, 1.54) is 0 Å². The molecule has 2 spiro atoms. The van der Waals surface area contributed by atoms with E-state index in [0.29, 0.717) is 0 Å². The molecule has 4 aliphatic heterocycles. The van der Waals surface area contributed by atoms with Crippen molar-refractivity contribution in [3.8, 4) is 0 Å². The van der Waals surface area contributed by atoms with Gasteiger partial charge < -0.3 is 0 Å². The molecule has 2 saturated heterocycles. The smallest absolute Gasteiger partial charge is 0.253 e. The van der Waals surface area contributed by atoms with Crippen molar-refractivity contribution in [2.75, 3.05) is 39.3 Å². The predicted molar refractivity (Wildman–Crippen MR) is 241 cm³/mol. The van der Waals surface area contributed by atoms with E-state index in [4.69, 9.17) is 72.1 Å². The van der Waals surface area contributed by atoms with Crippen molar-refractivity contribution >= 4 is 107 Å². The van der Waals surface area contributed by atoms with Gasteiger partial charge >= 0.3 is 0 Å². The molecule has 20 heteroatoms. The highest BCUT2D eigenvalue weighted by molar-refractivity contribution is 8.15. The molecule has 4 aromatic rings. The number of hydrogen-bond acceptors (Lipinski definition) is 10. The molecule has 2 N–H and O–H groups in total. The van der Waals surface area contributed by atoms with Crippen molar-refractivity contribution in [2.24, 2.45) is 27.1 Å². The Bertz CT molecular complexity index is 2090. The summed E-state index contributed by atoms with van der Waals surface area (Å²) in [6, 6.07) is 41.1. The highest BCUT2D eigenvalue weighted by Gasteiger charge is 2.44. The quantitative estimate of drug-likeness (QED) is 0.129. The number of unbranched alkanes of at least 4 members (excludes halogenated alkanes) is 1. The van der Waals surface area contributed by atoms with Gasteiger partial charge in [0.25, 0.3) is 11.8 Å². The number of nitrogens with zero attached hydrogens (tertiary/aromatic N) is 8. The number of hydrogen-bond donors (Lipinski definition) is 2. The Morgan fingerprint density at radius 2 is 0.759 bits per heavy atom. The minimum atomic E-state index is -3.09. The highest BCUT2D eigenvalue weighted by Crippen LogP contribution is 2.83. The van der Waals surface area contributed by atoms with Crippen LogP contribution >= 0.6 is 86.2 Å². The maximum absolute atomic E-state index is 7.14. The molecule has 0 amide bonds. The van der Waals surface area contributed by atoms with Gasteiger partial charge in [-0.3, -0.25) is 10.2 Å². The summed E-state index contributed by atoms with van der Waals surface area (Å²) in [4.78, 5) is 0. The Kier molecular flexibility index (Phi) is 12.2. The largest absolute Gasteiger partial charge is 0.256 e. The van der Waals surface area contributed by atoms with E-state index >= 15 is 0 Å². The van der Waals surface area contributed by atoms with Crippen LogP contribution in [0.25, 0.3) is 0 Å². The van der Waals surface area contributed by atoms with E-state index in [9.17, 15) is 0 Å². The Hall–Kier alpha value is -0.740. The third-order valence-corrected chi connectivity index (χ3v) is 33.8. The molecular weight excluding hydrogens is 876 g/mol. The number of halogens is 4. The molecule has 8 rings (SSSR count). The normalized spacial score (nSPS) is 27.0. The van der Waals surface area contributed by atoms with Crippen LogP contribution in [0, 0.1) is 0 Å². The van der Waals surface area contributed by atoms with Crippen LogP contribution in [0.15, 0.2) is 148 Å². The van der Waals surface area contributed by atoms with Gasteiger partial charge in [-0.25, -0.2) is 27.4 Å². The van der Waals surface area contributed by atoms with Crippen molar-refractivity contribution < 1.29 is 0 Å². The van der Waals surface area contributed by atoms with Gasteiger partial charge in [0.15, 0.2) is 0 Å². The number of nitrogens with one attached hydrogen (secondary N) is 2. The average molecular weight is 918 g/mol. The lowest BCUT2D eigenvalue weighted by Gasteiger charge is -2.43. The van der Waals surface area contributed by atoms with E-state index in [0.717, 1.165) is 86.2 Å². The second kappa shape index (κ2) is 16.5. The Morgan fingerprint density at radius 1 is 0.444 bits per heavy atom. The summed E-state index contributed by atoms with van der Waals surface area (Å²) in [5, 5.41) is 11.7. The second-order valence-electron chi connectivity index (χ2n) is 13.3. The van der Waals surface area contributed by atoms with E-state index in [1.807, 2.05) is 72.8 Å². The molecule has 10 nitrogen and oxygen atoms in total. The highest BCUT2D eigenvalue weighted by atomic mass is 35.9. The zero-order chi connectivity index (χ0) is 37.3. The van der Waals surface area contributed by atoms with Crippen LogP contribution in [0.2, 0.25) is 0 Å². The van der Waals surface area contributed by atoms with Crippen molar-refractivity contribution in [1.82, 2.24) is 19.5 Å². The first-order chi connectivity index (χ1) is 26.1. The zero-order valence-corrected chi connectivity index (χ0v) is 37.8. The van der Waals surface area contributed by atoms with E-state index < -0.39 is 41.2 Å². The lowest BCUT2D eigenvalue weighted by atomic mass is 10.3. The van der Waals surface area contributed by atoms with E-state index in [-0.39, 0.29) is 0 Å². The van der Waals surface area contributed by atoms with Crippen LogP contribution in [-0.2, 0) is 0 Å². The van der Waals surface area contributed by atoms with Gasteiger partial charge in [0.2, 0.25) is 15.0 Å². The number of rotatable bonds is 9. The summed E-state index contributed by atoms with van der Waals surface area (Å²) in [5.74, 6) is -6.18. The SMILES string of the molecule is ClP1(Cl)=NP(c2ccccc2)(c2ccccc2)=N[P@@]2(=N1)NCCCN2CCCCN1CCCN[P@@]12=NP(Cl)(Cl)=NP(c1ccccc1)(c1ccccc1)=N2. The third kappa shape index (κ3) is 8.12. The van der Waals surface area contributed by atoms with Crippen molar-refractivity contribution in [3.05, 3.63) is 121 Å². The molecule has 4 heterocycles.